The first-order valence-electron chi connectivity index (χ1n) is 19.9. The zero-order chi connectivity index (χ0) is 37.5. The number of likely N-dealkylation sites (N-methyl/N-ethyl adjacent to an activating group) is 1. The van der Waals surface area contributed by atoms with Crippen LogP contribution in [0.4, 0.5) is 0 Å². The molecule has 0 spiro atoms. The minimum absolute atomic E-state index is 0.120. The van der Waals surface area contributed by atoms with Crippen LogP contribution in [0.25, 0.3) is 0 Å². The fourth-order valence-electron chi connectivity index (χ4n) is 13.2. The molecule has 11 heteroatoms. The molecule has 4 aliphatic carbocycles. The van der Waals surface area contributed by atoms with E-state index in [1.807, 2.05) is 12.0 Å². The van der Waals surface area contributed by atoms with Crippen LogP contribution in [0.1, 0.15) is 114 Å². The minimum Gasteiger partial charge on any atom is -0.481 e. The maximum absolute atomic E-state index is 13.5. The predicted molar refractivity (Wildman–Crippen MR) is 200 cm³/mol. The SMILES string of the molecule is CC(C)[C@@H](C)[C@@]1(C)CC[C@]2(C)[C@H]3CC[C@H]4C(C)(C)[C@@H](OCC5(N(C)C)CCOCC5)[C@H](N5NN=C(N)N5)C[C@]4([C@H](C)O)C3=CC[C@@]2(C)[C@@H]1C(=O)O. The van der Waals surface area contributed by atoms with Crippen LogP contribution in [-0.4, -0.2) is 89.9 Å². The maximum atomic E-state index is 13.5. The molecule has 0 amide bonds. The van der Waals surface area contributed by atoms with Gasteiger partial charge in [0, 0.05) is 24.2 Å². The number of hydrogen-bond acceptors (Lipinski definition) is 10. The first-order valence-corrected chi connectivity index (χ1v) is 19.9. The molecule has 1 saturated heterocycles. The van der Waals surface area contributed by atoms with Crippen molar-refractivity contribution in [3.8, 4) is 0 Å². The van der Waals surface area contributed by atoms with Gasteiger partial charge in [-0.1, -0.05) is 67.0 Å². The van der Waals surface area contributed by atoms with Crippen LogP contribution >= 0.6 is 0 Å². The molecular formula is C40H70N6O5. The summed E-state index contributed by atoms with van der Waals surface area (Å²) in [5, 5.41) is 29.6. The van der Waals surface area contributed by atoms with Crippen LogP contribution in [0, 0.1) is 56.7 Å². The second kappa shape index (κ2) is 13.1. The molecule has 11 nitrogen and oxygen atoms in total. The van der Waals surface area contributed by atoms with Crippen LogP contribution in [0.2, 0.25) is 0 Å². The van der Waals surface area contributed by atoms with Crippen molar-refractivity contribution >= 4 is 11.9 Å². The highest BCUT2D eigenvalue weighted by molar-refractivity contribution is 5.78. The summed E-state index contributed by atoms with van der Waals surface area (Å²) in [5.74, 6) is 0.196. The van der Waals surface area contributed by atoms with Gasteiger partial charge in [-0.05, 0) is 118 Å². The van der Waals surface area contributed by atoms with Gasteiger partial charge in [0.2, 0.25) is 5.96 Å². The van der Waals surface area contributed by atoms with Crippen LogP contribution in [0.5, 0.6) is 0 Å². The van der Waals surface area contributed by atoms with E-state index in [1.165, 1.54) is 5.57 Å². The Bertz CT molecular complexity index is 1390. The van der Waals surface area contributed by atoms with Crippen molar-refractivity contribution in [1.82, 2.24) is 21.0 Å². The lowest BCUT2D eigenvalue weighted by molar-refractivity contribution is -0.228. The summed E-state index contributed by atoms with van der Waals surface area (Å²) in [7, 11) is 4.29. The maximum Gasteiger partial charge on any atom is 0.307 e. The van der Waals surface area contributed by atoms with Gasteiger partial charge in [0.1, 0.15) is 0 Å². The summed E-state index contributed by atoms with van der Waals surface area (Å²) in [4.78, 5) is 15.8. The van der Waals surface area contributed by atoms with Crippen molar-refractivity contribution in [2.24, 2.45) is 67.5 Å². The molecule has 0 radical (unpaired) electrons. The monoisotopic (exact) mass is 715 g/mol. The summed E-state index contributed by atoms with van der Waals surface area (Å²) in [6, 6.07) is -0.205. The number of fused-ring (bicyclic) bond motifs is 5. The van der Waals surface area contributed by atoms with Crippen molar-refractivity contribution in [2.45, 2.75) is 137 Å². The number of ether oxygens (including phenoxy) is 2. The van der Waals surface area contributed by atoms with Crippen molar-refractivity contribution in [3.05, 3.63) is 11.6 Å². The number of aliphatic hydroxyl groups is 1. The van der Waals surface area contributed by atoms with E-state index in [2.05, 4.69) is 96.5 Å². The number of nitrogens with two attached hydrogens (primary N) is 1. The second-order valence-electron chi connectivity index (χ2n) is 19.5. The van der Waals surface area contributed by atoms with Gasteiger partial charge in [-0.25, -0.2) is 5.53 Å². The highest BCUT2D eigenvalue weighted by Crippen LogP contribution is 2.75. The zero-order valence-corrected chi connectivity index (χ0v) is 33.5. The summed E-state index contributed by atoms with van der Waals surface area (Å²) in [6.45, 7) is 22.4. The number of guanidine groups is 1. The van der Waals surface area contributed by atoms with Crippen LogP contribution < -0.4 is 16.7 Å². The van der Waals surface area contributed by atoms with Crippen molar-refractivity contribution in [3.63, 3.8) is 0 Å². The molecule has 3 saturated carbocycles. The summed E-state index contributed by atoms with van der Waals surface area (Å²) in [5.41, 5.74) is 12.0. The standard InChI is InChI=1S/C40H70N6O5/c1-24(2)25(3)36(7)16-17-37(8)27-12-13-30-35(5,6)32(51-23-39(45(10)11)18-20-50-21-19-39)29(46-43-34(41)42-44-46)22-40(30,26(4)47)28(27)14-15-38(37,9)31(36)33(48)49/h14,24-27,29-32,44,47H,12-13,15-23H2,1-11H3,(H,48,49)(H3,41,42,43)/t25-,26+,27+,29-,30+,31-,32+,36-,37-,38+,40+/m1/s1. The Morgan fingerprint density at radius 1 is 1.08 bits per heavy atom. The van der Waals surface area contributed by atoms with Gasteiger partial charge < -0.3 is 30.3 Å². The van der Waals surface area contributed by atoms with E-state index in [4.69, 9.17) is 15.2 Å². The summed E-state index contributed by atoms with van der Waals surface area (Å²) < 4.78 is 13.0. The Morgan fingerprint density at radius 3 is 2.29 bits per heavy atom. The average Bonchev–Trinajstić information content (AvgIpc) is 3.50. The van der Waals surface area contributed by atoms with Crippen LogP contribution in [0.3, 0.4) is 0 Å². The molecule has 0 bridgehead atoms. The highest BCUT2D eigenvalue weighted by Gasteiger charge is 2.71. The molecule has 2 aliphatic heterocycles. The number of aliphatic carboxylic acids is 1. The number of hydrazine groups is 2. The predicted octanol–water partition coefficient (Wildman–Crippen LogP) is 5.36. The second-order valence-corrected chi connectivity index (χ2v) is 19.5. The molecule has 0 aromatic rings. The lowest BCUT2D eigenvalue weighted by atomic mass is 9.34. The quantitative estimate of drug-likeness (QED) is 0.198. The number of nitrogens with one attached hydrogen (secondary N) is 2. The Hall–Kier alpha value is -1.92. The largest absolute Gasteiger partial charge is 0.481 e. The Morgan fingerprint density at radius 2 is 1.75 bits per heavy atom. The van der Waals surface area contributed by atoms with Gasteiger partial charge in [0.05, 0.1) is 30.8 Å². The number of aliphatic hydroxyl groups excluding tert-OH is 1. The van der Waals surface area contributed by atoms with Gasteiger partial charge in [0.15, 0.2) is 0 Å². The van der Waals surface area contributed by atoms with Gasteiger partial charge in [-0.15, -0.1) is 10.2 Å². The molecule has 11 atom stereocenters. The van der Waals surface area contributed by atoms with Crippen molar-refractivity contribution in [2.75, 3.05) is 33.9 Å². The number of carboxylic acids is 1. The number of allylic oxidation sites excluding steroid dienone is 1. The molecule has 51 heavy (non-hydrogen) atoms. The van der Waals surface area contributed by atoms with Crippen molar-refractivity contribution < 1.29 is 24.5 Å². The molecule has 6 aliphatic rings. The van der Waals surface area contributed by atoms with Crippen molar-refractivity contribution in [1.29, 1.82) is 0 Å². The Kier molecular flexibility index (Phi) is 9.99. The first kappa shape index (κ1) is 38.8. The number of hydrogen-bond donors (Lipinski definition) is 5. The fraction of sp³-hybridized carbons (Fsp3) is 0.900. The van der Waals surface area contributed by atoms with Crippen LogP contribution in [-0.2, 0) is 14.3 Å². The van der Waals surface area contributed by atoms with E-state index >= 15 is 0 Å². The fourth-order valence-corrected chi connectivity index (χ4v) is 13.2. The average molecular weight is 715 g/mol. The molecular weight excluding hydrogens is 644 g/mol. The van der Waals surface area contributed by atoms with E-state index in [-0.39, 0.29) is 51.7 Å². The molecule has 290 valence electrons. The topological polar surface area (TPSA) is 145 Å². The number of carboxylic acid groups (broad SMARTS) is 1. The summed E-state index contributed by atoms with van der Waals surface area (Å²) in [6.07, 6.45) is 8.58. The third-order valence-corrected chi connectivity index (χ3v) is 16.9. The molecule has 6 rings (SSSR count). The van der Waals surface area contributed by atoms with Gasteiger partial charge in [-0.2, -0.15) is 0 Å². The number of nitrogens with zero attached hydrogens (tertiary/aromatic N) is 3. The smallest absolute Gasteiger partial charge is 0.307 e. The van der Waals surface area contributed by atoms with E-state index in [0.29, 0.717) is 31.3 Å². The van der Waals surface area contributed by atoms with Crippen LogP contribution in [0.15, 0.2) is 16.8 Å². The number of carbonyl (C=O) groups is 1. The van der Waals surface area contributed by atoms with E-state index in [0.717, 1.165) is 51.7 Å². The first-order chi connectivity index (χ1) is 23.7. The Labute approximate surface area is 307 Å². The third-order valence-electron chi connectivity index (χ3n) is 16.9. The third kappa shape index (κ3) is 5.60. The van der Waals surface area contributed by atoms with E-state index in [1.54, 1.807) is 0 Å². The minimum atomic E-state index is -0.656. The molecule has 4 fully saturated rings. The highest BCUT2D eigenvalue weighted by atomic mass is 16.5. The molecule has 0 aromatic carbocycles. The molecule has 6 N–H and O–H groups in total. The normalized spacial score (nSPS) is 43.1. The zero-order valence-electron chi connectivity index (χ0n) is 33.5. The lowest BCUT2D eigenvalue weighted by Gasteiger charge is -2.71. The Balaban J connectivity index is 1.43. The lowest BCUT2D eigenvalue weighted by Crippen LogP contribution is -2.71. The number of hydrazone groups is 1. The summed E-state index contributed by atoms with van der Waals surface area (Å²) >= 11 is 0. The molecule has 2 heterocycles. The number of rotatable bonds is 9. The molecule has 0 unspecified atom stereocenters. The van der Waals surface area contributed by atoms with E-state index in [9.17, 15) is 15.0 Å². The molecule has 0 aromatic heterocycles. The van der Waals surface area contributed by atoms with Gasteiger partial charge in [0.25, 0.3) is 0 Å². The van der Waals surface area contributed by atoms with Gasteiger partial charge in [-0.3, -0.25) is 10.2 Å². The van der Waals surface area contributed by atoms with Gasteiger partial charge >= 0.3 is 5.97 Å². The van der Waals surface area contributed by atoms with E-state index < -0.39 is 28.8 Å².